The van der Waals surface area contributed by atoms with Crippen molar-refractivity contribution >= 4 is 29.3 Å². The molecule has 0 aliphatic carbocycles. The van der Waals surface area contributed by atoms with E-state index in [0.29, 0.717) is 6.07 Å². The fraction of sp³-hybridized carbons (Fsp3) is 0.0769. The summed E-state index contributed by atoms with van der Waals surface area (Å²) in [4.78, 5) is 22.2. The van der Waals surface area contributed by atoms with Crippen molar-refractivity contribution in [1.29, 1.82) is 0 Å². The number of carboxylic acids is 1. The lowest BCUT2D eigenvalue weighted by Gasteiger charge is -2.04. The summed E-state index contributed by atoms with van der Waals surface area (Å²) < 4.78 is 30.8. The number of carboxylic acid groups (broad SMARTS) is 1. The van der Waals surface area contributed by atoms with Gasteiger partial charge in [0, 0.05) is 11.8 Å². The van der Waals surface area contributed by atoms with Gasteiger partial charge in [0.15, 0.2) is 5.09 Å². The summed E-state index contributed by atoms with van der Waals surface area (Å²) in [5.41, 5.74) is 0.00349. The minimum atomic E-state index is -1.21. The monoisotopic (exact) mass is 313 g/mol. The quantitative estimate of drug-likeness (QED) is 0.830. The molecule has 2 aromatic rings. The number of rotatable bonds is 5. The molecule has 0 bridgehead atoms. The number of hydrogen-bond acceptors (Lipinski definition) is 4. The Kier molecular flexibility index (Phi) is 4.59. The molecule has 0 aliphatic heterocycles. The number of aromatic carboxylic acids is 1. The van der Waals surface area contributed by atoms with Crippen molar-refractivity contribution in [1.82, 2.24) is 0 Å². The molecule has 2 rings (SSSR count). The van der Waals surface area contributed by atoms with Gasteiger partial charge in [0.2, 0.25) is 11.7 Å². The minimum absolute atomic E-state index is 0.00349. The second kappa shape index (κ2) is 6.40. The van der Waals surface area contributed by atoms with Gasteiger partial charge in [-0.25, -0.2) is 13.6 Å². The van der Waals surface area contributed by atoms with Crippen LogP contribution in [0.1, 0.15) is 10.6 Å². The Hall–Kier alpha value is -2.35. The first kappa shape index (κ1) is 15.0. The second-order valence-corrected chi connectivity index (χ2v) is 4.90. The number of hydrogen-bond donors (Lipinski definition) is 2. The van der Waals surface area contributed by atoms with Gasteiger partial charge in [0.25, 0.3) is 0 Å². The number of amides is 1. The van der Waals surface area contributed by atoms with E-state index < -0.39 is 23.5 Å². The van der Waals surface area contributed by atoms with Crippen molar-refractivity contribution in [2.75, 3.05) is 11.1 Å². The summed E-state index contributed by atoms with van der Waals surface area (Å²) in [5, 5.41) is 11.3. The van der Waals surface area contributed by atoms with E-state index in [-0.39, 0.29) is 22.3 Å². The van der Waals surface area contributed by atoms with Crippen LogP contribution in [0.4, 0.5) is 14.5 Å². The normalized spacial score (nSPS) is 10.4. The molecule has 0 radical (unpaired) electrons. The van der Waals surface area contributed by atoms with Crippen LogP contribution < -0.4 is 5.32 Å². The molecule has 8 heteroatoms. The van der Waals surface area contributed by atoms with Gasteiger partial charge in [0.05, 0.1) is 5.75 Å². The third kappa shape index (κ3) is 4.32. The van der Waals surface area contributed by atoms with Crippen LogP contribution in [0.5, 0.6) is 0 Å². The molecule has 0 fully saturated rings. The average molecular weight is 313 g/mol. The highest BCUT2D eigenvalue weighted by Gasteiger charge is 2.11. The van der Waals surface area contributed by atoms with Gasteiger partial charge in [-0.05, 0) is 24.3 Å². The first-order chi connectivity index (χ1) is 9.94. The lowest BCUT2D eigenvalue weighted by molar-refractivity contribution is -0.113. The molecule has 0 saturated carbocycles. The van der Waals surface area contributed by atoms with Crippen LogP contribution >= 0.6 is 11.8 Å². The van der Waals surface area contributed by atoms with Gasteiger partial charge >= 0.3 is 5.97 Å². The molecule has 0 unspecified atom stereocenters. The Morgan fingerprint density at radius 2 is 1.86 bits per heavy atom. The molecule has 1 aromatic heterocycles. The highest BCUT2D eigenvalue weighted by Crippen LogP contribution is 2.21. The number of halogens is 2. The van der Waals surface area contributed by atoms with Crippen LogP contribution in [0.25, 0.3) is 0 Å². The zero-order valence-electron chi connectivity index (χ0n) is 10.4. The van der Waals surface area contributed by atoms with Crippen LogP contribution in [0.15, 0.2) is 39.8 Å². The minimum Gasteiger partial charge on any atom is -0.475 e. The van der Waals surface area contributed by atoms with Crippen LogP contribution in [0.2, 0.25) is 0 Å². The van der Waals surface area contributed by atoms with Gasteiger partial charge in [-0.1, -0.05) is 11.8 Å². The fourth-order valence-electron chi connectivity index (χ4n) is 1.47. The predicted octanol–water partition coefficient (Wildman–Crippen LogP) is 2.99. The summed E-state index contributed by atoms with van der Waals surface area (Å²) in [6.07, 6.45) is 0. The summed E-state index contributed by atoms with van der Waals surface area (Å²) in [6, 6.07) is 5.36. The van der Waals surface area contributed by atoms with Gasteiger partial charge in [-0.15, -0.1) is 0 Å². The van der Waals surface area contributed by atoms with E-state index in [1.807, 2.05) is 0 Å². The van der Waals surface area contributed by atoms with Crippen LogP contribution in [0, 0.1) is 11.6 Å². The number of carbonyl (C=O) groups excluding carboxylic acids is 1. The molecule has 1 heterocycles. The first-order valence-corrected chi connectivity index (χ1v) is 6.64. The largest absolute Gasteiger partial charge is 0.475 e. The Bertz CT molecular complexity index is 666. The summed E-state index contributed by atoms with van der Waals surface area (Å²) in [7, 11) is 0. The number of anilines is 1. The van der Waals surface area contributed by atoms with Gasteiger partial charge < -0.3 is 14.8 Å². The third-order valence-corrected chi connectivity index (χ3v) is 3.19. The highest BCUT2D eigenvalue weighted by atomic mass is 32.2. The van der Waals surface area contributed by atoms with E-state index in [0.717, 1.165) is 23.9 Å². The van der Waals surface area contributed by atoms with Crippen LogP contribution in [0.3, 0.4) is 0 Å². The molecule has 110 valence electrons. The lowest BCUT2D eigenvalue weighted by Crippen LogP contribution is -2.14. The zero-order chi connectivity index (χ0) is 15.4. The third-order valence-electron chi connectivity index (χ3n) is 2.28. The molecule has 21 heavy (non-hydrogen) atoms. The Labute approximate surface area is 121 Å². The van der Waals surface area contributed by atoms with Gasteiger partial charge in [-0.2, -0.15) is 0 Å². The number of thioether (sulfide) groups is 1. The molecule has 0 spiro atoms. The molecule has 5 nitrogen and oxygen atoms in total. The standard InChI is InChI=1S/C13H9F2NO4S/c14-7-3-8(15)5-9(4-7)16-11(17)6-21-12-2-1-10(20-12)13(18)19/h1-5H,6H2,(H,16,17)(H,18,19). The molecule has 0 saturated heterocycles. The van der Waals surface area contributed by atoms with Crippen molar-refractivity contribution in [2.24, 2.45) is 0 Å². The topological polar surface area (TPSA) is 79.5 Å². The number of furan rings is 1. The Morgan fingerprint density at radius 1 is 1.19 bits per heavy atom. The predicted molar refractivity (Wildman–Crippen MR) is 71.4 cm³/mol. The van der Waals surface area contributed by atoms with Crippen molar-refractivity contribution in [3.05, 3.63) is 47.7 Å². The van der Waals surface area contributed by atoms with Crippen molar-refractivity contribution < 1.29 is 27.9 Å². The van der Waals surface area contributed by atoms with E-state index in [2.05, 4.69) is 5.32 Å². The van der Waals surface area contributed by atoms with E-state index in [9.17, 15) is 18.4 Å². The Morgan fingerprint density at radius 3 is 2.43 bits per heavy atom. The number of carbonyl (C=O) groups is 2. The average Bonchev–Trinajstić information content (AvgIpc) is 2.84. The maximum absolute atomic E-state index is 12.9. The van der Waals surface area contributed by atoms with Crippen LogP contribution in [-0.2, 0) is 4.79 Å². The molecular weight excluding hydrogens is 304 g/mol. The summed E-state index contributed by atoms with van der Waals surface area (Å²) >= 11 is 0.965. The fourth-order valence-corrected chi connectivity index (χ4v) is 2.13. The number of nitrogens with one attached hydrogen (secondary N) is 1. The maximum Gasteiger partial charge on any atom is 0.371 e. The lowest BCUT2D eigenvalue weighted by atomic mass is 10.3. The van der Waals surface area contributed by atoms with Gasteiger partial charge in [0.1, 0.15) is 11.6 Å². The first-order valence-electron chi connectivity index (χ1n) is 5.66. The SMILES string of the molecule is O=C(CSc1ccc(C(=O)O)o1)Nc1cc(F)cc(F)c1. The molecule has 1 aromatic carbocycles. The highest BCUT2D eigenvalue weighted by molar-refractivity contribution is 7.99. The second-order valence-electron chi connectivity index (χ2n) is 3.92. The molecule has 0 aliphatic rings. The smallest absolute Gasteiger partial charge is 0.371 e. The molecule has 0 atom stereocenters. The molecule has 2 N–H and O–H groups in total. The van der Waals surface area contributed by atoms with Crippen molar-refractivity contribution in [3.63, 3.8) is 0 Å². The number of benzene rings is 1. The summed E-state index contributed by atoms with van der Waals surface area (Å²) in [5.74, 6) is -3.62. The van der Waals surface area contributed by atoms with Crippen LogP contribution in [-0.4, -0.2) is 22.7 Å². The van der Waals surface area contributed by atoms with E-state index in [1.54, 1.807) is 0 Å². The van der Waals surface area contributed by atoms with Gasteiger partial charge in [-0.3, -0.25) is 4.79 Å². The maximum atomic E-state index is 12.9. The van der Waals surface area contributed by atoms with Crippen molar-refractivity contribution in [2.45, 2.75) is 5.09 Å². The zero-order valence-corrected chi connectivity index (χ0v) is 11.2. The molecule has 1 amide bonds. The van der Waals surface area contributed by atoms with E-state index in [1.165, 1.54) is 12.1 Å². The van der Waals surface area contributed by atoms with E-state index in [4.69, 9.17) is 9.52 Å². The van der Waals surface area contributed by atoms with E-state index >= 15 is 0 Å². The Balaban J connectivity index is 1.90. The van der Waals surface area contributed by atoms with Crippen molar-refractivity contribution in [3.8, 4) is 0 Å². The summed E-state index contributed by atoms with van der Waals surface area (Å²) in [6.45, 7) is 0. The molecular formula is C13H9F2NO4S.